The van der Waals surface area contributed by atoms with Crippen LogP contribution in [0.4, 0.5) is 5.13 Å². The Balaban J connectivity index is 1.81. The van der Waals surface area contributed by atoms with Crippen LogP contribution in [0.2, 0.25) is 0 Å². The molecule has 3 aromatic heterocycles. The fourth-order valence-electron chi connectivity index (χ4n) is 3.41. The van der Waals surface area contributed by atoms with Crippen LogP contribution in [-0.2, 0) is 6.54 Å². The summed E-state index contributed by atoms with van der Waals surface area (Å²) in [4.78, 5) is 24.5. The zero-order valence-corrected chi connectivity index (χ0v) is 18.9. The highest BCUT2D eigenvalue weighted by molar-refractivity contribution is 7.22. The number of carbonyl (C=O) groups is 1. The summed E-state index contributed by atoms with van der Waals surface area (Å²) in [6.07, 6.45) is 3.49. The molecule has 1 amide bonds. The van der Waals surface area contributed by atoms with Gasteiger partial charge in [-0.05, 0) is 57.5 Å². The smallest absolute Gasteiger partial charge is 0.278 e. The van der Waals surface area contributed by atoms with Crippen LogP contribution in [0, 0.1) is 6.92 Å². The minimum Gasteiger partial charge on any atom is -0.492 e. The number of ether oxygens (including phenoxy) is 1. The standard InChI is InChI=1S/C23H25N5O2S/c1-5-30-19-9-6-10-20-21(19)25-23(31-20)27(14-17-8-7-11-24-13-17)22(29)18-12-16(4)26-28(18)15(2)3/h6-13,15H,5,14H2,1-4H3. The number of carbonyl (C=O) groups excluding carboxylic acids is 1. The molecule has 31 heavy (non-hydrogen) atoms. The van der Waals surface area contributed by atoms with Crippen LogP contribution in [0.25, 0.3) is 10.2 Å². The Hall–Kier alpha value is -3.26. The van der Waals surface area contributed by atoms with E-state index >= 15 is 0 Å². The monoisotopic (exact) mass is 435 g/mol. The van der Waals surface area contributed by atoms with E-state index in [1.807, 2.05) is 64.1 Å². The van der Waals surface area contributed by atoms with Gasteiger partial charge in [-0.15, -0.1) is 0 Å². The van der Waals surface area contributed by atoms with Gasteiger partial charge in [0.25, 0.3) is 5.91 Å². The predicted molar refractivity (Wildman–Crippen MR) is 123 cm³/mol. The third-order valence-corrected chi connectivity index (χ3v) is 5.82. The van der Waals surface area contributed by atoms with E-state index in [4.69, 9.17) is 9.72 Å². The Bertz CT molecular complexity index is 1200. The molecule has 0 spiro atoms. The van der Waals surface area contributed by atoms with Crippen molar-refractivity contribution in [1.82, 2.24) is 19.7 Å². The van der Waals surface area contributed by atoms with Gasteiger partial charge in [0.2, 0.25) is 0 Å². The van der Waals surface area contributed by atoms with Gasteiger partial charge in [-0.2, -0.15) is 5.10 Å². The minimum absolute atomic E-state index is 0.0628. The summed E-state index contributed by atoms with van der Waals surface area (Å²) in [6.45, 7) is 8.78. The lowest BCUT2D eigenvalue weighted by Crippen LogP contribution is -2.32. The first-order chi connectivity index (χ1) is 15.0. The Morgan fingerprint density at radius 2 is 2.10 bits per heavy atom. The lowest BCUT2D eigenvalue weighted by Gasteiger charge is -2.21. The maximum Gasteiger partial charge on any atom is 0.278 e. The van der Waals surface area contributed by atoms with Crippen molar-refractivity contribution in [2.45, 2.75) is 40.3 Å². The number of hydrogen-bond donors (Lipinski definition) is 0. The summed E-state index contributed by atoms with van der Waals surface area (Å²) in [5, 5.41) is 5.13. The normalized spacial score (nSPS) is 11.3. The molecule has 0 bridgehead atoms. The van der Waals surface area contributed by atoms with Crippen LogP contribution < -0.4 is 9.64 Å². The molecule has 8 heteroatoms. The van der Waals surface area contributed by atoms with E-state index in [1.54, 1.807) is 22.0 Å². The molecule has 0 aliphatic rings. The largest absolute Gasteiger partial charge is 0.492 e. The van der Waals surface area contributed by atoms with Crippen molar-refractivity contribution in [1.29, 1.82) is 0 Å². The summed E-state index contributed by atoms with van der Waals surface area (Å²) in [6, 6.07) is 11.6. The van der Waals surface area contributed by atoms with Gasteiger partial charge in [-0.3, -0.25) is 19.4 Å². The number of fused-ring (bicyclic) bond motifs is 1. The van der Waals surface area contributed by atoms with Crippen LogP contribution in [0.15, 0.2) is 48.8 Å². The number of nitrogens with zero attached hydrogens (tertiary/aromatic N) is 5. The van der Waals surface area contributed by atoms with Crippen molar-refractivity contribution in [3.05, 3.63) is 65.7 Å². The summed E-state index contributed by atoms with van der Waals surface area (Å²) >= 11 is 1.47. The molecule has 1 aromatic carbocycles. The van der Waals surface area contributed by atoms with E-state index in [2.05, 4.69) is 10.1 Å². The third kappa shape index (κ3) is 4.29. The molecule has 0 fully saturated rings. The number of aryl methyl sites for hydroxylation is 1. The number of anilines is 1. The van der Waals surface area contributed by atoms with Gasteiger partial charge in [-0.25, -0.2) is 4.98 Å². The highest BCUT2D eigenvalue weighted by Crippen LogP contribution is 2.35. The average molecular weight is 436 g/mol. The Labute approximate surface area is 185 Å². The maximum atomic E-state index is 13.8. The molecule has 3 heterocycles. The van der Waals surface area contributed by atoms with Crippen LogP contribution in [-0.4, -0.2) is 32.3 Å². The van der Waals surface area contributed by atoms with E-state index in [1.165, 1.54) is 11.3 Å². The Morgan fingerprint density at radius 1 is 1.26 bits per heavy atom. The number of aromatic nitrogens is 4. The number of amides is 1. The first kappa shape index (κ1) is 21.0. The summed E-state index contributed by atoms with van der Waals surface area (Å²) in [7, 11) is 0. The van der Waals surface area contributed by atoms with Gasteiger partial charge >= 0.3 is 0 Å². The highest BCUT2D eigenvalue weighted by Gasteiger charge is 2.26. The fraction of sp³-hybridized carbons (Fsp3) is 0.304. The van der Waals surface area contributed by atoms with Gasteiger partial charge in [0.1, 0.15) is 17.0 Å². The maximum absolute atomic E-state index is 13.8. The van der Waals surface area contributed by atoms with Crippen LogP contribution >= 0.6 is 11.3 Å². The first-order valence-electron chi connectivity index (χ1n) is 10.3. The van der Waals surface area contributed by atoms with Crippen LogP contribution in [0.1, 0.15) is 48.6 Å². The van der Waals surface area contributed by atoms with Crippen molar-refractivity contribution < 1.29 is 9.53 Å². The molecule has 0 radical (unpaired) electrons. The SMILES string of the molecule is CCOc1cccc2sc(N(Cc3cccnc3)C(=O)c3cc(C)nn3C(C)C)nc12. The average Bonchev–Trinajstić information content (AvgIpc) is 3.37. The van der Waals surface area contributed by atoms with Crippen LogP contribution in [0.3, 0.4) is 0 Å². The van der Waals surface area contributed by atoms with Gasteiger partial charge in [-0.1, -0.05) is 23.5 Å². The molecule has 0 saturated carbocycles. The zero-order valence-electron chi connectivity index (χ0n) is 18.1. The number of rotatable bonds is 7. The predicted octanol–water partition coefficient (Wildman–Crippen LogP) is 5.02. The number of benzene rings is 1. The molecular weight excluding hydrogens is 410 g/mol. The van der Waals surface area contributed by atoms with E-state index < -0.39 is 0 Å². The minimum atomic E-state index is -0.143. The fourth-order valence-corrected chi connectivity index (χ4v) is 4.39. The summed E-state index contributed by atoms with van der Waals surface area (Å²) < 4.78 is 8.49. The molecule has 4 rings (SSSR count). The Kier molecular flexibility index (Phi) is 5.99. The molecule has 0 aliphatic carbocycles. The van der Waals surface area contributed by atoms with Gasteiger partial charge in [0, 0.05) is 18.4 Å². The number of para-hydroxylation sites is 1. The molecule has 0 unspecified atom stereocenters. The molecule has 160 valence electrons. The van der Waals surface area contributed by atoms with Gasteiger partial charge in [0.05, 0.1) is 23.5 Å². The molecule has 0 aliphatic heterocycles. The second kappa shape index (κ2) is 8.85. The molecule has 7 nitrogen and oxygen atoms in total. The number of pyridine rings is 1. The molecule has 4 aromatic rings. The highest BCUT2D eigenvalue weighted by atomic mass is 32.1. The Morgan fingerprint density at radius 3 is 2.81 bits per heavy atom. The molecule has 0 atom stereocenters. The third-order valence-electron chi connectivity index (χ3n) is 4.78. The van der Waals surface area contributed by atoms with Crippen molar-refractivity contribution in [3.8, 4) is 5.75 Å². The second-order valence-corrected chi connectivity index (χ2v) is 8.50. The lowest BCUT2D eigenvalue weighted by atomic mass is 10.2. The number of hydrogen-bond acceptors (Lipinski definition) is 6. The lowest BCUT2D eigenvalue weighted by molar-refractivity contribution is 0.0973. The molecule has 0 N–H and O–H groups in total. The summed E-state index contributed by atoms with van der Waals surface area (Å²) in [5.41, 5.74) is 3.04. The van der Waals surface area contributed by atoms with Gasteiger partial charge in [0.15, 0.2) is 5.13 Å². The van der Waals surface area contributed by atoms with E-state index in [0.29, 0.717) is 24.0 Å². The first-order valence-corrected chi connectivity index (χ1v) is 11.1. The topological polar surface area (TPSA) is 73.1 Å². The van der Waals surface area contributed by atoms with Crippen LogP contribution in [0.5, 0.6) is 5.75 Å². The van der Waals surface area contributed by atoms with Crippen molar-refractivity contribution >= 4 is 32.6 Å². The van der Waals surface area contributed by atoms with E-state index in [-0.39, 0.29) is 11.9 Å². The number of thiazole rings is 1. The summed E-state index contributed by atoms with van der Waals surface area (Å²) in [5.74, 6) is 0.578. The molecular formula is C23H25N5O2S. The quantitative estimate of drug-likeness (QED) is 0.407. The van der Waals surface area contributed by atoms with Gasteiger partial charge < -0.3 is 4.74 Å². The van der Waals surface area contributed by atoms with Crippen molar-refractivity contribution in [2.75, 3.05) is 11.5 Å². The van der Waals surface area contributed by atoms with Crippen molar-refractivity contribution in [2.24, 2.45) is 0 Å². The molecule has 0 saturated heterocycles. The van der Waals surface area contributed by atoms with Crippen molar-refractivity contribution in [3.63, 3.8) is 0 Å². The second-order valence-electron chi connectivity index (χ2n) is 7.49. The van der Waals surface area contributed by atoms with E-state index in [0.717, 1.165) is 27.2 Å². The zero-order chi connectivity index (χ0) is 22.0. The van der Waals surface area contributed by atoms with E-state index in [9.17, 15) is 4.79 Å².